The fourth-order valence-electron chi connectivity index (χ4n) is 3.56. The van der Waals surface area contributed by atoms with E-state index in [1.807, 2.05) is 61.2 Å². The summed E-state index contributed by atoms with van der Waals surface area (Å²) in [6.07, 6.45) is 1.71. The van der Waals surface area contributed by atoms with Gasteiger partial charge in [-0.3, -0.25) is 4.79 Å². The third-order valence-corrected chi connectivity index (χ3v) is 5.10. The van der Waals surface area contributed by atoms with Gasteiger partial charge in [-0.25, -0.2) is 0 Å². The van der Waals surface area contributed by atoms with Gasteiger partial charge in [0.2, 0.25) is 11.8 Å². The van der Waals surface area contributed by atoms with E-state index < -0.39 is 0 Å². The van der Waals surface area contributed by atoms with E-state index in [2.05, 4.69) is 10.2 Å². The lowest BCUT2D eigenvalue weighted by atomic mass is 9.95. The van der Waals surface area contributed by atoms with Crippen molar-refractivity contribution >= 4 is 16.7 Å². The largest absolute Gasteiger partial charge is 0.425 e. The number of carbonyl (C=O) groups excluding carboxylic acids is 1. The Kier molecular flexibility index (Phi) is 4.45. The van der Waals surface area contributed by atoms with Crippen LogP contribution in [0, 0.1) is 0 Å². The van der Waals surface area contributed by atoms with E-state index in [-0.39, 0.29) is 17.7 Å². The minimum atomic E-state index is 0.105. The van der Waals surface area contributed by atoms with Crippen LogP contribution in [-0.2, 0) is 0 Å². The second-order valence-corrected chi connectivity index (χ2v) is 7.23. The molecule has 1 fully saturated rings. The van der Waals surface area contributed by atoms with E-state index in [0.717, 1.165) is 29.2 Å². The van der Waals surface area contributed by atoms with Gasteiger partial charge in [0.1, 0.15) is 0 Å². The molecule has 4 rings (SSSR count). The van der Waals surface area contributed by atoms with Gasteiger partial charge >= 0.3 is 0 Å². The number of fused-ring (bicyclic) bond motifs is 1. The number of carbonyl (C=O) groups is 1. The molecule has 0 aliphatic carbocycles. The quantitative estimate of drug-likeness (QED) is 0.705. The molecule has 0 spiro atoms. The number of aromatic nitrogens is 2. The van der Waals surface area contributed by atoms with Gasteiger partial charge in [-0.1, -0.05) is 50.2 Å². The van der Waals surface area contributed by atoms with Crippen LogP contribution in [0.1, 0.15) is 60.7 Å². The molecule has 3 aromatic rings. The van der Waals surface area contributed by atoms with Gasteiger partial charge in [0.05, 0.1) is 0 Å². The van der Waals surface area contributed by atoms with Crippen LogP contribution < -0.4 is 0 Å². The smallest absolute Gasteiger partial charge is 0.254 e. The van der Waals surface area contributed by atoms with Crippen molar-refractivity contribution in [2.24, 2.45) is 0 Å². The summed E-state index contributed by atoms with van der Waals surface area (Å²) < 4.78 is 5.80. The highest BCUT2D eigenvalue weighted by Gasteiger charge is 2.28. The zero-order chi connectivity index (χ0) is 18.1. The maximum Gasteiger partial charge on any atom is 0.254 e. The van der Waals surface area contributed by atoms with Crippen LogP contribution in [0.25, 0.3) is 10.8 Å². The highest BCUT2D eigenvalue weighted by molar-refractivity contribution is 6.07. The van der Waals surface area contributed by atoms with E-state index in [0.29, 0.717) is 24.9 Å². The Hall–Kier alpha value is -2.69. The molecule has 134 valence electrons. The van der Waals surface area contributed by atoms with Crippen molar-refractivity contribution in [3.05, 3.63) is 59.8 Å². The Balaban J connectivity index is 1.48. The Morgan fingerprint density at radius 3 is 2.54 bits per heavy atom. The van der Waals surface area contributed by atoms with Crippen molar-refractivity contribution < 1.29 is 9.21 Å². The summed E-state index contributed by atoms with van der Waals surface area (Å²) in [5, 5.41) is 10.5. The fourth-order valence-corrected chi connectivity index (χ4v) is 3.56. The minimum absolute atomic E-state index is 0.105. The second-order valence-electron chi connectivity index (χ2n) is 7.23. The van der Waals surface area contributed by atoms with Crippen molar-refractivity contribution in [1.29, 1.82) is 0 Å². The zero-order valence-electron chi connectivity index (χ0n) is 15.2. The molecule has 5 heteroatoms. The number of likely N-dealkylation sites (tertiary alicyclic amines) is 1. The van der Waals surface area contributed by atoms with Gasteiger partial charge < -0.3 is 9.32 Å². The molecule has 0 unspecified atom stereocenters. The predicted octanol–water partition coefficient (Wildman–Crippen LogP) is 4.37. The molecule has 2 heterocycles. The van der Waals surface area contributed by atoms with Crippen molar-refractivity contribution in [2.75, 3.05) is 13.1 Å². The van der Waals surface area contributed by atoms with E-state index in [9.17, 15) is 4.79 Å². The third kappa shape index (κ3) is 3.09. The molecule has 2 aromatic carbocycles. The van der Waals surface area contributed by atoms with Crippen LogP contribution in [0.5, 0.6) is 0 Å². The Labute approximate surface area is 153 Å². The summed E-state index contributed by atoms with van der Waals surface area (Å²) in [4.78, 5) is 15.0. The molecule has 1 aromatic heterocycles. The first-order chi connectivity index (χ1) is 12.6. The summed E-state index contributed by atoms with van der Waals surface area (Å²) in [6.45, 7) is 5.52. The molecule has 0 bridgehead atoms. The third-order valence-electron chi connectivity index (χ3n) is 5.10. The van der Waals surface area contributed by atoms with Crippen LogP contribution in [0.2, 0.25) is 0 Å². The Morgan fingerprint density at radius 2 is 1.81 bits per heavy atom. The molecule has 1 aliphatic rings. The molecule has 5 nitrogen and oxygen atoms in total. The summed E-state index contributed by atoms with van der Waals surface area (Å²) in [5.74, 6) is 1.99. The standard InChI is InChI=1S/C21H23N3O2/c1-14(2)19-22-23-20(26-19)16-10-12-24(13-11-16)21(25)18-9-5-7-15-6-3-4-8-17(15)18/h3-9,14,16H,10-13H2,1-2H3. The SMILES string of the molecule is CC(C)c1nnc(C2CCN(C(=O)c3cccc4ccccc34)CC2)o1. The van der Waals surface area contributed by atoms with Crippen LogP contribution in [0.15, 0.2) is 46.9 Å². The molecule has 0 saturated carbocycles. The number of nitrogens with zero attached hydrogens (tertiary/aromatic N) is 3. The highest BCUT2D eigenvalue weighted by Crippen LogP contribution is 2.29. The van der Waals surface area contributed by atoms with Gasteiger partial charge in [0.25, 0.3) is 5.91 Å². The molecule has 1 saturated heterocycles. The first kappa shape index (κ1) is 16.8. The topological polar surface area (TPSA) is 59.2 Å². The molecule has 26 heavy (non-hydrogen) atoms. The first-order valence-corrected chi connectivity index (χ1v) is 9.24. The zero-order valence-corrected chi connectivity index (χ0v) is 15.2. The maximum absolute atomic E-state index is 13.0. The monoisotopic (exact) mass is 349 g/mol. The average Bonchev–Trinajstić information content (AvgIpc) is 3.18. The molecular weight excluding hydrogens is 326 g/mol. The summed E-state index contributed by atoms with van der Waals surface area (Å²) >= 11 is 0. The van der Waals surface area contributed by atoms with Gasteiger partial charge in [-0.15, -0.1) is 10.2 Å². The van der Waals surface area contributed by atoms with Crippen molar-refractivity contribution in [1.82, 2.24) is 15.1 Å². The number of benzene rings is 2. The molecule has 1 aliphatic heterocycles. The molecule has 1 amide bonds. The Bertz CT molecular complexity index is 918. The number of hydrogen-bond donors (Lipinski definition) is 0. The lowest BCUT2D eigenvalue weighted by Crippen LogP contribution is -2.38. The normalized spacial score (nSPS) is 15.7. The van der Waals surface area contributed by atoms with Gasteiger partial charge in [-0.05, 0) is 29.7 Å². The maximum atomic E-state index is 13.0. The number of rotatable bonds is 3. The number of piperidine rings is 1. The van der Waals surface area contributed by atoms with Crippen LogP contribution >= 0.6 is 0 Å². The first-order valence-electron chi connectivity index (χ1n) is 9.24. The average molecular weight is 349 g/mol. The van der Waals surface area contributed by atoms with Crippen LogP contribution in [0.4, 0.5) is 0 Å². The van der Waals surface area contributed by atoms with Gasteiger partial charge in [0, 0.05) is 30.5 Å². The lowest BCUT2D eigenvalue weighted by molar-refractivity contribution is 0.0708. The van der Waals surface area contributed by atoms with Crippen LogP contribution in [-0.4, -0.2) is 34.1 Å². The van der Waals surface area contributed by atoms with Gasteiger partial charge in [0.15, 0.2) is 0 Å². The number of hydrogen-bond acceptors (Lipinski definition) is 4. The van der Waals surface area contributed by atoms with Crippen molar-refractivity contribution in [3.8, 4) is 0 Å². The highest BCUT2D eigenvalue weighted by atomic mass is 16.4. The summed E-state index contributed by atoms with van der Waals surface area (Å²) in [5.41, 5.74) is 0.779. The summed E-state index contributed by atoms with van der Waals surface area (Å²) in [6, 6.07) is 13.9. The van der Waals surface area contributed by atoms with E-state index in [1.165, 1.54) is 0 Å². The van der Waals surface area contributed by atoms with E-state index in [1.54, 1.807) is 0 Å². The lowest BCUT2D eigenvalue weighted by Gasteiger charge is -2.30. The Morgan fingerprint density at radius 1 is 1.08 bits per heavy atom. The van der Waals surface area contributed by atoms with Crippen molar-refractivity contribution in [3.63, 3.8) is 0 Å². The van der Waals surface area contributed by atoms with Crippen LogP contribution in [0.3, 0.4) is 0 Å². The molecule has 0 N–H and O–H groups in total. The fraction of sp³-hybridized carbons (Fsp3) is 0.381. The van der Waals surface area contributed by atoms with Crippen molar-refractivity contribution in [2.45, 2.75) is 38.5 Å². The molecular formula is C21H23N3O2. The molecule has 0 radical (unpaired) electrons. The second kappa shape index (κ2) is 6.90. The summed E-state index contributed by atoms with van der Waals surface area (Å²) in [7, 11) is 0. The van der Waals surface area contributed by atoms with Gasteiger partial charge in [-0.2, -0.15) is 0 Å². The molecule has 0 atom stereocenters. The van der Waals surface area contributed by atoms with E-state index in [4.69, 9.17) is 4.42 Å². The minimum Gasteiger partial charge on any atom is -0.425 e. The number of amides is 1. The predicted molar refractivity (Wildman–Crippen MR) is 100 cm³/mol. The van der Waals surface area contributed by atoms with E-state index >= 15 is 0 Å².